The molecular formula is C13H18N2O2. The van der Waals surface area contributed by atoms with Crippen LogP contribution < -0.4 is 10.5 Å². The van der Waals surface area contributed by atoms with Gasteiger partial charge in [0, 0.05) is 6.42 Å². The molecule has 4 nitrogen and oxygen atoms in total. The van der Waals surface area contributed by atoms with E-state index in [2.05, 4.69) is 5.16 Å². The van der Waals surface area contributed by atoms with E-state index in [9.17, 15) is 0 Å². The Hall–Kier alpha value is -1.71. The minimum Gasteiger partial charge on any atom is -0.494 e. The highest BCUT2D eigenvalue weighted by molar-refractivity contribution is 5.81. The van der Waals surface area contributed by atoms with Gasteiger partial charge < -0.3 is 15.7 Å². The number of amidine groups is 1. The Balaban J connectivity index is 1.79. The Morgan fingerprint density at radius 2 is 2.06 bits per heavy atom. The van der Waals surface area contributed by atoms with Crippen molar-refractivity contribution in [2.45, 2.75) is 25.7 Å². The molecule has 1 saturated carbocycles. The van der Waals surface area contributed by atoms with E-state index in [1.807, 2.05) is 24.3 Å². The second kappa shape index (κ2) is 5.57. The van der Waals surface area contributed by atoms with Gasteiger partial charge in [0.2, 0.25) is 0 Å². The van der Waals surface area contributed by atoms with E-state index in [4.69, 9.17) is 15.7 Å². The van der Waals surface area contributed by atoms with E-state index in [1.165, 1.54) is 12.8 Å². The van der Waals surface area contributed by atoms with Crippen LogP contribution in [0.1, 0.15) is 24.8 Å². The average molecular weight is 234 g/mol. The number of benzene rings is 1. The first-order chi connectivity index (χ1) is 8.28. The van der Waals surface area contributed by atoms with Crippen LogP contribution in [0.25, 0.3) is 0 Å². The molecule has 1 fully saturated rings. The number of hydrogen-bond acceptors (Lipinski definition) is 3. The van der Waals surface area contributed by atoms with Gasteiger partial charge in [-0.1, -0.05) is 30.1 Å². The molecular weight excluding hydrogens is 216 g/mol. The molecule has 0 spiro atoms. The maximum Gasteiger partial charge on any atom is 0.143 e. The summed E-state index contributed by atoms with van der Waals surface area (Å²) in [6, 6.07) is 7.72. The van der Waals surface area contributed by atoms with E-state index in [-0.39, 0.29) is 5.84 Å². The minimum absolute atomic E-state index is 0.215. The van der Waals surface area contributed by atoms with Gasteiger partial charge in [-0.2, -0.15) is 0 Å². The predicted octanol–water partition coefficient (Wildman–Crippen LogP) is 2.15. The Kier molecular flexibility index (Phi) is 3.85. The maximum absolute atomic E-state index is 8.46. The number of ether oxygens (including phenoxy) is 1. The topological polar surface area (TPSA) is 67.8 Å². The van der Waals surface area contributed by atoms with Gasteiger partial charge in [0.05, 0.1) is 6.61 Å². The molecule has 1 aliphatic rings. The van der Waals surface area contributed by atoms with Gasteiger partial charge in [-0.15, -0.1) is 0 Å². The molecule has 0 aliphatic heterocycles. The van der Waals surface area contributed by atoms with Crippen molar-refractivity contribution < 1.29 is 9.94 Å². The molecule has 0 aromatic heterocycles. The van der Waals surface area contributed by atoms with Crippen molar-refractivity contribution in [1.29, 1.82) is 0 Å². The van der Waals surface area contributed by atoms with E-state index in [0.29, 0.717) is 6.42 Å². The van der Waals surface area contributed by atoms with Crippen LogP contribution in [0.15, 0.2) is 29.4 Å². The molecule has 2 rings (SSSR count). The summed E-state index contributed by atoms with van der Waals surface area (Å²) in [7, 11) is 0. The number of hydrogen-bond donors (Lipinski definition) is 2. The largest absolute Gasteiger partial charge is 0.494 e. The van der Waals surface area contributed by atoms with Crippen molar-refractivity contribution in [3.05, 3.63) is 29.8 Å². The highest BCUT2D eigenvalue weighted by atomic mass is 16.5. The van der Waals surface area contributed by atoms with Crippen molar-refractivity contribution in [1.82, 2.24) is 0 Å². The van der Waals surface area contributed by atoms with E-state index >= 15 is 0 Å². The normalized spacial score (nSPS) is 15.9. The fraction of sp³-hybridized carbons (Fsp3) is 0.462. The summed E-state index contributed by atoms with van der Waals surface area (Å²) >= 11 is 0. The zero-order valence-electron chi connectivity index (χ0n) is 9.80. The van der Waals surface area contributed by atoms with E-state index in [1.54, 1.807) is 0 Å². The first kappa shape index (κ1) is 11.8. The molecule has 0 heterocycles. The van der Waals surface area contributed by atoms with Gasteiger partial charge in [0.25, 0.3) is 0 Å². The lowest BCUT2D eigenvalue weighted by atomic mass is 10.1. The zero-order chi connectivity index (χ0) is 12.1. The van der Waals surface area contributed by atoms with Gasteiger partial charge >= 0.3 is 0 Å². The van der Waals surface area contributed by atoms with Crippen molar-refractivity contribution >= 4 is 5.84 Å². The summed E-state index contributed by atoms with van der Waals surface area (Å²) < 4.78 is 5.63. The van der Waals surface area contributed by atoms with Crippen molar-refractivity contribution in [2.24, 2.45) is 16.8 Å². The highest BCUT2D eigenvalue weighted by Crippen LogP contribution is 2.32. The molecule has 0 bridgehead atoms. The monoisotopic (exact) mass is 234 g/mol. The SMILES string of the molecule is NC(Cc1ccc(OCCC2CC2)cc1)=NO. The predicted molar refractivity (Wildman–Crippen MR) is 66.4 cm³/mol. The summed E-state index contributed by atoms with van der Waals surface area (Å²) in [5, 5.41) is 11.4. The third kappa shape index (κ3) is 3.98. The Morgan fingerprint density at radius 3 is 2.65 bits per heavy atom. The zero-order valence-corrected chi connectivity index (χ0v) is 9.80. The molecule has 17 heavy (non-hydrogen) atoms. The lowest BCUT2D eigenvalue weighted by Crippen LogP contribution is -2.14. The summed E-state index contributed by atoms with van der Waals surface area (Å²) in [5.74, 6) is 2.00. The van der Waals surface area contributed by atoms with E-state index in [0.717, 1.165) is 30.3 Å². The first-order valence-electron chi connectivity index (χ1n) is 5.96. The number of oxime groups is 1. The first-order valence-corrected chi connectivity index (χ1v) is 5.96. The lowest BCUT2D eigenvalue weighted by molar-refractivity contribution is 0.302. The van der Waals surface area contributed by atoms with Gasteiger partial charge in [-0.25, -0.2) is 0 Å². The Morgan fingerprint density at radius 1 is 1.35 bits per heavy atom. The quantitative estimate of drug-likeness (QED) is 0.343. The van der Waals surface area contributed by atoms with Gasteiger partial charge in [0.15, 0.2) is 0 Å². The van der Waals surface area contributed by atoms with Crippen molar-refractivity contribution in [2.75, 3.05) is 6.61 Å². The minimum atomic E-state index is 0.215. The molecule has 0 amide bonds. The van der Waals surface area contributed by atoms with Gasteiger partial charge in [-0.3, -0.25) is 0 Å². The number of rotatable bonds is 6. The standard InChI is InChI=1S/C13H18N2O2/c14-13(15-16)9-11-3-5-12(6-4-11)17-8-7-10-1-2-10/h3-6,10,16H,1-2,7-9H2,(H2,14,15). The van der Waals surface area contributed by atoms with Crippen LogP contribution in [0.2, 0.25) is 0 Å². The molecule has 92 valence electrons. The van der Waals surface area contributed by atoms with Crippen LogP contribution in [-0.4, -0.2) is 17.6 Å². The van der Waals surface area contributed by atoms with Crippen LogP contribution in [0.5, 0.6) is 5.75 Å². The molecule has 1 aromatic carbocycles. The third-order valence-corrected chi connectivity index (χ3v) is 2.93. The summed E-state index contributed by atoms with van der Waals surface area (Å²) in [5.41, 5.74) is 6.44. The van der Waals surface area contributed by atoms with Crippen LogP contribution in [0.3, 0.4) is 0 Å². The number of nitrogens with zero attached hydrogens (tertiary/aromatic N) is 1. The Labute approximate surface area is 101 Å². The fourth-order valence-corrected chi connectivity index (χ4v) is 1.70. The summed E-state index contributed by atoms with van der Waals surface area (Å²) in [6.45, 7) is 0.796. The molecule has 1 aliphatic carbocycles. The third-order valence-electron chi connectivity index (χ3n) is 2.93. The smallest absolute Gasteiger partial charge is 0.143 e. The molecule has 0 radical (unpaired) electrons. The second-order valence-electron chi connectivity index (χ2n) is 4.49. The molecule has 0 atom stereocenters. The van der Waals surface area contributed by atoms with Crippen molar-refractivity contribution in [3.63, 3.8) is 0 Å². The maximum atomic E-state index is 8.46. The molecule has 4 heteroatoms. The van der Waals surface area contributed by atoms with Crippen LogP contribution in [0, 0.1) is 5.92 Å². The average Bonchev–Trinajstić information content (AvgIpc) is 3.15. The molecule has 1 aromatic rings. The lowest BCUT2D eigenvalue weighted by Gasteiger charge is -2.06. The number of nitrogens with two attached hydrogens (primary N) is 1. The Bertz CT molecular complexity index is 383. The fourth-order valence-electron chi connectivity index (χ4n) is 1.70. The molecule has 0 unspecified atom stereocenters. The summed E-state index contributed by atoms with van der Waals surface area (Å²) in [4.78, 5) is 0. The van der Waals surface area contributed by atoms with Gasteiger partial charge in [-0.05, 0) is 30.0 Å². The van der Waals surface area contributed by atoms with Gasteiger partial charge in [0.1, 0.15) is 11.6 Å². The second-order valence-corrected chi connectivity index (χ2v) is 4.49. The molecule has 3 N–H and O–H groups in total. The molecule has 0 saturated heterocycles. The summed E-state index contributed by atoms with van der Waals surface area (Å²) in [6.07, 6.45) is 4.34. The van der Waals surface area contributed by atoms with Crippen LogP contribution >= 0.6 is 0 Å². The van der Waals surface area contributed by atoms with E-state index < -0.39 is 0 Å². The van der Waals surface area contributed by atoms with Crippen molar-refractivity contribution in [3.8, 4) is 5.75 Å². The van der Waals surface area contributed by atoms with Crippen LogP contribution in [-0.2, 0) is 6.42 Å². The van der Waals surface area contributed by atoms with Crippen LogP contribution in [0.4, 0.5) is 0 Å². The highest BCUT2D eigenvalue weighted by Gasteiger charge is 2.20.